The first-order chi connectivity index (χ1) is 7.62. The molecule has 0 saturated carbocycles. The summed E-state index contributed by atoms with van der Waals surface area (Å²) in [6.45, 7) is 0. The van der Waals surface area contributed by atoms with Crippen molar-refractivity contribution in [3.63, 3.8) is 0 Å². The minimum absolute atomic E-state index is 0. The average Bonchev–Trinajstić information content (AvgIpc) is 2.29. The van der Waals surface area contributed by atoms with E-state index in [1.807, 2.05) is 6.26 Å². The number of ether oxygens (including phenoxy) is 2. The monoisotopic (exact) mass is 388 g/mol. The van der Waals surface area contributed by atoms with Gasteiger partial charge < -0.3 is 14.8 Å². The molecule has 0 radical (unpaired) electrons. The van der Waals surface area contributed by atoms with Gasteiger partial charge in [0.25, 0.3) is 0 Å². The van der Waals surface area contributed by atoms with Gasteiger partial charge in [-0.25, -0.2) is 0 Å². The zero-order valence-corrected chi connectivity index (χ0v) is 13.6. The van der Waals surface area contributed by atoms with Crippen molar-refractivity contribution in [1.29, 1.82) is 5.41 Å². The van der Waals surface area contributed by atoms with E-state index in [1.54, 1.807) is 19.2 Å². The molecule has 0 aromatic heterocycles. The summed E-state index contributed by atoms with van der Waals surface area (Å²) in [5, 5.41) is 11.2. The largest absolute Gasteiger partial charge is 0.495 e. The second-order valence-corrected chi connectivity index (χ2v) is 4.07. The Hall–Kier alpha value is -0.340. The van der Waals surface area contributed by atoms with Crippen LogP contribution in [0.4, 0.5) is 5.69 Å². The Morgan fingerprint density at radius 1 is 1.29 bits per heavy atom. The van der Waals surface area contributed by atoms with Crippen LogP contribution in [-0.4, -0.2) is 25.6 Å². The normalized spacial score (nSPS) is 9.18. The van der Waals surface area contributed by atoms with Crippen LogP contribution in [0.1, 0.15) is 0 Å². The molecule has 96 valence electrons. The lowest BCUT2D eigenvalue weighted by Gasteiger charge is -2.13. The van der Waals surface area contributed by atoms with Gasteiger partial charge in [-0.2, -0.15) is 0 Å². The first-order valence-electron chi connectivity index (χ1n) is 4.43. The van der Waals surface area contributed by atoms with Gasteiger partial charge in [0.15, 0.2) is 5.17 Å². The van der Waals surface area contributed by atoms with Crippen molar-refractivity contribution in [2.75, 3.05) is 25.8 Å². The van der Waals surface area contributed by atoms with Crippen molar-refractivity contribution in [2.24, 2.45) is 0 Å². The van der Waals surface area contributed by atoms with Crippen LogP contribution >= 0.6 is 47.3 Å². The number of benzene rings is 1. The third-order valence-corrected chi connectivity index (χ3v) is 2.73. The molecular formula is C10H14ClIN2O2S. The predicted octanol–water partition coefficient (Wildman–Crippen LogP) is 3.68. The lowest BCUT2D eigenvalue weighted by atomic mass is 10.2. The van der Waals surface area contributed by atoms with Gasteiger partial charge in [-0.05, 0) is 12.3 Å². The molecule has 0 bridgehead atoms. The Balaban J connectivity index is 0.00000256. The molecule has 4 nitrogen and oxygen atoms in total. The van der Waals surface area contributed by atoms with Crippen LogP contribution in [0, 0.1) is 5.41 Å². The van der Waals surface area contributed by atoms with Crippen molar-refractivity contribution in [2.45, 2.75) is 0 Å². The van der Waals surface area contributed by atoms with Crippen molar-refractivity contribution in [1.82, 2.24) is 0 Å². The Kier molecular flexibility index (Phi) is 7.73. The summed E-state index contributed by atoms with van der Waals surface area (Å²) in [4.78, 5) is 0. The van der Waals surface area contributed by atoms with E-state index in [9.17, 15) is 0 Å². The molecule has 7 heteroatoms. The molecule has 0 aliphatic rings. The summed E-state index contributed by atoms with van der Waals surface area (Å²) in [6, 6.07) is 3.35. The topological polar surface area (TPSA) is 54.3 Å². The number of halogens is 2. The van der Waals surface area contributed by atoms with Crippen LogP contribution in [0.15, 0.2) is 12.1 Å². The zero-order valence-electron chi connectivity index (χ0n) is 9.67. The second kappa shape index (κ2) is 7.88. The van der Waals surface area contributed by atoms with E-state index >= 15 is 0 Å². The average molecular weight is 389 g/mol. The highest BCUT2D eigenvalue weighted by atomic mass is 127. The van der Waals surface area contributed by atoms with E-state index in [0.717, 1.165) is 0 Å². The van der Waals surface area contributed by atoms with E-state index in [1.165, 1.54) is 18.9 Å². The molecule has 1 rings (SSSR count). The van der Waals surface area contributed by atoms with Crippen LogP contribution in [0.3, 0.4) is 0 Å². The maximum atomic E-state index is 7.54. The molecular weight excluding hydrogens is 375 g/mol. The fourth-order valence-corrected chi connectivity index (χ4v) is 1.58. The van der Waals surface area contributed by atoms with E-state index in [4.69, 9.17) is 26.5 Å². The van der Waals surface area contributed by atoms with Crippen molar-refractivity contribution >= 4 is 58.2 Å². The Morgan fingerprint density at radius 3 is 2.35 bits per heavy atom. The van der Waals surface area contributed by atoms with Gasteiger partial charge in [0.05, 0.1) is 24.9 Å². The van der Waals surface area contributed by atoms with Gasteiger partial charge in [0.1, 0.15) is 11.5 Å². The van der Waals surface area contributed by atoms with Gasteiger partial charge >= 0.3 is 0 Å². The summed E-state index contributed by atoms with van der Waals surface area (Å²) >= 11 is 7.28. The smallest absolute Gasteiger partial charge is 0.158 e. The fraction of sp³-hybridized carbons (Fsp3) is 0.300. The highest BCUT2D eigenvalue weighted by Crippen LogP contribution is 2.36. The molecule has 0 amide bonds. The van der Waals surface area contributed by atoms with E-state index < -0.39 is 0 Å². The van der Waals surface area contributed by atoms with Gasteiger partial charge in [-0.15, -0.1) is 24.0 Å². The Labute approximate surface area is 127 Å². The number of amidine groups is 1. The third kappa shape index (κ3) is 4.44. The molecule has 1 aromatic carbocycles. The lowest BCUT2D eigenvalue weighted by Crippen LogP contribution is -2.06. The summed E-state index contributed by atoms with van der Waals surface area (Å²) in [5.41, 5.74) is 0.646. The molecule has 0 fully saturated rings. The third-order valence-electron chi connectivity index (χ3n) is 1.93. The molecule has 0 aliphatic heterocycles. The van der Waals surface area contributed by atoms with Gasteiger partial charge in [0, 0.05) is 6.07 Å². The van der Waals surface area contributed by atoms with Crippen LogP contribution in [-0.2, 0) is 0 Å². The Morgan fingerprint density at radius 2 is 1.88 bits per heavy atom. The van der Waals surface area contributed by atoms with Crippen LogP contribution in [0.5, 0.6) is 11.5 Å². The molecule has 0 heterocycles. The van der Waals surface area contributed by atoms with E-state index in [2.05, 4.69) is 5.32 Å². The SMILES string of the molecule is COc1cc(OC)c(NC(=N)SC)cc1Cl.I. The predicted molar refractivity (Wildman–Crippen MR) is 84.8 cm³/mol. The van der Waals surface area contributed by atoms with E-state index in [0.29, 0.717) is 27.4 Å². The lowest BCUT2D eigenvalue weighted by molar-refractivity contribution is 0.396. The zero-order chi connectivity index (χ0) is 12.1. The number of hydrogen-bond donors (Lipinski definition) is 2. The molecule has 0 aliphatic carbocycles. The summed E-state index contributed by atoms with van der Waals surface area (Å²) in [6.07, 6.45) is 1.81. The van der Waals surface area contributed by atoms with Gasteiger partial charge in [-0.1, -0.05) is 23.4 Å². The quantitative estimate of drug-likeness (QED) is 0.471. The number of anilines is 1. The van der Waals surface area contributed by atoms with Crippen LogP contribution in [0.2, 0.25) is 5.02 Å². The minimum atomic E-state index is 0. The standard InChI is InChI=1S/C10H13ClN2O2S.HI/c1-14-8-5-9(15-2)7(4-6(8)11)13-10(12)16-3;/h4-5H,1-3H3,(H2,12,13);1H. The maximum Gasteiger partial charge on any atom is 0.158 e. The molecule has 2 N–H and O–H groups in total. The molecule has 1 aromatic rings. The molecule has 0 atom stereocenters. The molecule has 0 unspecified atom stereocenters. The summed E-state index contributed by atoms with van der Waals surface area (Å²) < 4.78 is 10.3. The first kappa shape index (κ1) is 16.7. The van der Waals surface area contributed by atoms with Gasteiger partial charge in [0.2, 0.25) is 0 Å². The van der Waals surface area contributed by atoms with Crippen LogP contribution in [0.25, 0.3) is 0 Å². The molecule has 17 heavy (non-hydrogen) atoms. The number of hydrogen-bond acceptors (Lipinski definition) is 4. The highest BCUT2D eigenvalue weighted by Gasteiger charge is 2.10. The molecule has 0 spiro atoms. The number of methoxy groups -OCH3 is 2. The van der Waals surface area contributed by atoms with E-state index in [-0.39, 0.29) is 24.0 Å². The number of thioether (sulfide) groups is 1. The van der Waals surface area contributed by atoms with Crippen molar-refractivity contribution < 1.29 is 9.47 Å². The number of nitrogens with one attached hydrogen (secondary N) is 2. The maximum absolute atomic E-state index is 7.54. The summed E-state index contributed by atoms with van der Waals surface area (Å²) in [5.74, 6) is 1.12. The Bertz CT molecular complexity index is 404. The summed E-state index contributed by atoms with van der Waals surface area (Å²) in [7, 11) is 3.09. The second-order valence-electron chi connectivity index (χ2n) is 2.85. The molecule has 0 saturated heterocycles. The number of rotatable bonds is 3. The van der Waals surface area contributed by atoms with Crippen molar-refractivity contribution in [3.8, 4) is 11.5 Å². The van der Waals surface area contributed by atoms with Crippen LogP contribution < -0.4 is 14.8 Å². The first-order valence-corrected chi connectivity index (χ1v) is 6.03. The van der Waals surface area contributed by atoms with Gasteiger partial charge in [-0.3, -0.25) is 5.41 Å². The highest BCUT2D eigenvalue weighted by molar-refractivity contribution is 14.0. The fourth-order valence-electron chi connectivity index (χ4n) is 1.13. The van der Waals surface area contributed by atoms with Crippen molar-refractivity contribution in [3.05, 3.63) is 17.2 Å². The minimum Gasteiger partial charge on any atom is -0.495 e.